The molecule has 8 aromatic carbocycles. The predicted octanol–water partition coefficient (Wildman–Crippen LogP) is 15.0. The van der Waals surface area contributed by atoms with E-state index in [0.717, 1.165) is 78.5 Å². The molecule has 0 aliphatic rings. The maximum Gasteiger partial charge on any atom is 0.0730 e. The molecule has 290 valence electrons. The van der Waals surface area contributed by atoms with Crippen molar-refractivity contribution in [3.63, 3.8) is 0 Å². The van der Waals surface area contributed by atoms with Crippen molar-refractivity contribution in [3.05, 3.63) is 231 Å². The molecular formula is C58H38N4. The molecule has 0 saturated heterocycles. The molecule has 4 nitrogen and oxygen atoms in total. The maximum absolute atomic E-state index is 5.18. The van der Waals surface area contributed by atoms with Crippen molar-refractivity contribution in [2.75, 3.05) is 0 Å². The van der Waals surface area contributed by atoms with Crippen LogP contribution < -0.4 is 0 Å². The molecule has 0 N–H and O–H groups in total. The Balaban J connectivity index is 1.02. The third-order valence-electron chi connectivity index (χ3n) is 12.1. The van der Waals surface area contributed by atoms with E-state index in [1.807, 2.05) is 0 Å². The predicted molar refractivity (Wildman–Crippen MR) is 258 cm³/mol. The van der Waals surface area contributed by atoms with Crippen molar-refractivity contribution < 1.29 is 0 Å². The number of rotatable bonds is 7. The monoisotopic (exact) mass is 790 g/mol. The summed E-state index contributed by atoms with van der Waals surface area (Å²) in [5.74, 6) is 0. The van der Waals surface area contributed by atoms with Crippen LogP contribution in [0.3, 0.4) is 0 Å². The summed E-state index contributed by atoms with van der Waals surface area (Å²) in [6, 6.07) is 82.1. The van der Waals surface area contributed by atoms with Crippen LogP contribution in [-0.2, 0) is 0 Å². The smallest absolute Gasteiger partial charge is 0.0730 e. The highest BCUT2D eigenvalue weighted by Gasteiger charge is 2.19. The van der Waals surface area contributed by atoms with Crippen LogP contribution in [-0.4, -0.2) is 19.1 Å². The number of hydrogen-bond acceptors (Lipinski definition) is 2. The largest absolute Gasteiger partial charge is 0.309 e. The molecule has 0 amide bonds. The topological polar surface area (TPSA) is 35.6 Å². The standard InChI is InChI=1S/C58H38N4/c1-5-17-39(18-6-1)51-35-45(36-52(59-51)40-19-7-2-8-20-40)61-55-27-15-13-25-47(55)49-33-43(29-31-57(49)61)44-30-32-58-50(34-44)48-26-14-16-28-56(48)62(58)46-37-53(41-21-9-3-10-22-41)60-54(38-46)42-23-11-4-12-24-42/h1-38H. The van der Waals surface area contributed by atoms with Crippen molar-refractivity contribution in [3.8, 4) is 67.5 Å². The Morgan fingerprint density at radius 2 is 0.516 bits per heavy atom. The van der Waals surface area contributed by atoms with Crippen LogP contribution >= 0.6 is 0 Å². The van der Waals surface area contributed by atoms with Crippen LogP contribution in [0.5, 0.6) is 0 Å². The minimum atomic E-state index is 0.941. The summed E-state index contributed by atoms with van der Waals surface area (Å²) in [5.41, 5.74) is 17.2. The fraction of sp³-hybridized carbons (Fsp3) is 0. The lowest BCUT2D eigenvalue weighted by Crippen LogP contribution is -1.98. The Bertz CT molecular complexity index is 3250. The quantitative estimate of drug-likeness (QED) is 0.161. The Kier molecular flexibility index (Phi) is 8.46. The number of nitrogens with zero attached hydrogens (tertiary/aromatic N) is 4. The average molecular weight is 791 g/mol. The molecule has 0 unspecified atom stereocenters. The van der Waals surface area contributed by atoms with Crippen molar-refractivity contribution >= 4 is 43.6 Å². The van der Waals surface area contributed by atoms with E-state index in [-0.39, 0.29) is 0 Å². The summed E-state index contributed by atoms with van der Waals surface area (Å²) in [4.78, 5) is 10.4. The molecule has 0 spiro atoms. The summed E-state index contributed by atoms with van der Waals surface area (Å²) in [5, 5.41) is 4.84. The molecule has 0 radical (unpaired) electrons. The molecule has 12 rings (SSSR count). The van der Waals surface area contributed by atoms with Crippen molar-refractivity contribution in [1.29, 1.82) is 0 Å². The van der Waals surface area contributed by atoms with Gasteiger partial charge in [0.1, 0.15) is 0 Å². The van der Waals surface area contributed by atoms with Crippen molar-refractivity contribution in [2.45, 2.75) is 0 Å². The lowest BCUT2D eigenvalue weighted by atomic mass is 10.0. The van der Waals surface area contributed by atoms with E-state index in [0.29, 0.717) is 0 Å². The molecule has 0 bridgehead atoms. The van der Waals surface area contributed by atoms with Gasteiger partial charge in [0.2, 0.25) is 0 Å². The minimum Gasteiger partial charge on any atom is -0.309 e. The van der Waals surface area contributed by atoms with Gasteiger partial charge in [-0.2, -0.15) is 0 Å². The highest BCUT2D eigenvalue weighted by atomic mass is 15.0. The second-order valence-corrected chi connectivity index (χ2v) is 15.8. The summed E-state index contributed by atoms with van der Waals surface area (Å²) < 4.78 is 4.79. The summed E-state index contributed by atoms with van der Waals surface area (Å²) in [6.07, 6.45) is 0. The number of aromatic nitrogens is 4. The van der Waals surface area contributed by atoms with Gasteiger partial charge in [-0.25, -0.2) is 9.97 Å². The Hall–Kier alpha value is -8.34. The summed E-state index contributed by atoms with van der Waals surface area (Å²) in [7, 11) is 0. The molecule has 4 heterocycles. The molecule has 12 aromatic rings. The number of pyridine rings is 2. The van der Waals surface area contributed by atoms with E-state index in [2.05, 4.69) is 240 Å². The van der Waals surface area contributed by atoms with Gasteiger partial charge >= 0.3 is 0 Å². The van der Waals surface area contributed by atoms with Gasteiger partial charge in [-0.05, 0) is 71.8 Å². The van der Waals surface area contributed by atoms with Gasteiger partial charge in [-0.3, -0.25) is 0 Å². The highest BCUT2D eigenvalue weighted by Crippen LogP contribution is 2.40. The van der Waals surface area contributed by atoms with E-state index >= 15 is 0 Å². The zero-order valence-electron chi connectivity index (χ0n) is 33.7. The zero-order valence-corrected chi connectivity index (χ0v) is 33.7. The van der Waals surface area contributed by atoms with E-state index in [1.54, 1.807) is 0 Å². The molecule has 4 aromatic heterocycles. The first-order valence-corrected chi connectivity index (χ1v) is 21.1. The van der Waals surface area contributed by atoms with Gasteiger partial charge in [-0.1, -0.05) is 170 Å². The molecule has 62 heavy (non-hydrogen) atoms. The minimum absolute atomic E-state index is 0.941. The van der Waals surface area contributed by atoms with Crippen molar-refractivity contribution in [1.82, 2.24) is 19.1 Å². The molecule has 0 aliphatic heterocycles. The van der Waals surface area contributed by atoms with E-state index in [4.69, 9.17) is 9.97 Å². The third kappa shape index (κ3) is 6.08. The van der Waals surface area contributed by atoms with Gasteiger partial charge < -0.3 is 9.13 Å². The first kappa shape index (κ1) is 35.6. The van der Waals surface area contributed by atoms with Gasteiger partial charge in [0, 0.05) is 43.8 Å². The van der Waals surface area contributed by atoms with E-state index in [9.17, 15) is 0 Å². The van der Waals surface area contributed by atoms with Crippen LogP contribution in [0, 0.1) is 0 Å². The van der Waals surface area contributed by atoms with E-state index < -0.39 is 0 Å². The fourth-order valence-electron chi connectivity index (χ4n) is 9.18. The molecule has 0 atom stereocenters. The SMILES string of the molecule is c1ccc(-c2cc(-n3c4ccccc4c4cc(-c5ccc6c(c5)c5ccccc5n6-c5cc(-c6ccccc6)nc(-c6ccccc6)c5)ccc43)cc(-c3ccccc3)n2)cc1. The van der Waals surface area contributed by atoms with Gasteiger partial charge in [0.15, 0.2) is 0 Å². The van der Waals surface area contributed by atoms with Crippen molar-refractivity contribution in [2.24, 2.45) is 0 Å². The van der Waals surface area contributed by atoms with Crippen LogP contribution in [0.25, 0.3) is 111 Å². The molecule has 4 heteroatoms. The van der Waals surface area contributed by atoms with Crippen LogP contribution in [0.15, 0.2) is 231 Å². The average Bonchev–Trinajstić information content (AvgIpc) is 3.87. The first-order valence-electron chi connectivity index (χ1n) is 21.1. The van der Waals surface area contributed by atoms with Gasteiger partial charge in [0.25, 0.3) is 0 Å². The Morgan fingerprint density at radius 1 is 0.226 bits per heavy atom. The zero-order chi connectivity index (χ0) is 41.0. The highest BCUT2D eigenvalue weighted by molar-refractivity contribution is 6.13. The second-order valence-electron chi connectivity index (χ2n) is 15.8. The lowest BCUT2D eigenvalue weighted by molar-refractivity contribution is 1.16. The molecule has 0 saturated carbocycles. The molecular weight excluding hydrogens is 753 g/mol. The maximum atomic E-state index is 5.18. The van der Waals surface area contributed by atoms with Crippen LogP contribution in [0.1, 0.15) is 0 Å². The normalized spacial score (nSPS) is 11.5. The Labute approximate surface area is 359 Å². The number of para-hydroxylation sites is 2. The summed E-state index contributed by atoms with van der Waals surface area (Å²) >= 11 is 0. The van der Waals surface area contributed by atoms with Crippen LogP contribution in [0.4, 0.5) is 0 Å². The van der Waals surface area contributed by atoms with Crippen LogP contribution in [0.2, 0.25) is 0 Å². The van der Waals surface area contributed by atoms with E-state index in [1.165, 1.54) is 32.7 Å². The number of benzene rings is 8. The van der Waals surface area contributed by atoms with Gasteiger partial charge in [0.05, 0.1) is 56.2 Å². The first-order chi connectivity index (χ1) is 30.7. The third-order valence-corrected chi connectivity index (χ3v) is 12.1. The lowest BCUT2D eigenvalue weighted by Gasteiger charge is -2.14. The van der Waals surface area contributed by atoms with Gasteiger partial charge in [-0.15, -0.1) is 0 Å². The molecule has 0 aliphatic carbocycles. The summed E-state index contributed by atoms with van der Waals surface area (Å²) in [6.45, 7) is 0. The number of hydrogen-bond donors (Lipinski definition) is 0. The Morgan fingerprint density at radius 3 is 0.855 bits per heavy atom. The fourth-order valence-corrected chi connectivity index (χ4v) is 9.18. The molecule has 0 fully saturated rings. The second kappa shape index (κ2) is 14.7. The number of fused-ring (bicyclic) bond motifs is 6.